The largest absolute Gasteiger partial charge is 0.378 e. The molecule has 0 saturated heterocycles. The molecular formula is C15H19NO3. The molecule has 0 aromatic heterocycles. The van der Waals surface area contributed by atoms with Gasteiger partial charge in [-0.25, -0.2) is 0 Å². The van der Waals surface area contributed by atoms with Crippen molar-refractivity contribution in [3.63, 3.8) is 0 Å². The van der Waals surface area contributed by atoms with Crippen molar-refractivity contribution in [3.05, 3.63) is 51.1 Å². The predicted molar refractivity (Wildman–Crippen MR) is 78.1 cm³/mol. The van der Waals surface area contributed by atoms with Gasteiger partial charge in [0.2, 0.25) is 0 Å². The molecule has 0 heterocycles. The van der Waals surface area contributed by atoms with E-state index < -0.39 is 0 Å². The summed E-state index contributed by atoms with van der Waals surface area (Å²) in [7, 11) is 0. The number of nitro groups is 1. The lowest BCUT2D eigenvalue weighted by molar-refractivity contribution is -0.384. The number of rotatable bonds is 6. The van der Waals surface area contributed by atoms with Gasteiger partial charge in [-0.2, -0.15) is 0 Å². The Morgan fingerprint density at radius 2 is 1.95 bits per heavy atom. The van der Waals surface area contributed by atoms with E-state index >= 15 is 0 Å². The van der Waals surface area contributed by atoms with Gasteiger partial charge in [0.05, 0.1) is 11.5 Å². The molecule has 0 aliphatic rings. The Balaban J connectivity index is 3.14. The van der Waals surface area contributed by atoms with Crippen LogP contribution in [0.2, 0.25) is 0 Å². The third-order valence-electron chi connectivity index (χ3n) is 2.75. The van der Waals surface area contributed by atoms with Gasteiger partial charge in [-0.1, -0.05) is 24.3 Å². The maximum absolute atomic E-state index is 10.9. The highest BCUT2D eigenvalue weighted by Crippen LogP contribution is 2.24. The minimum atomic E-state index is -0.369. The third-order valence-corrected chi connectivity index (χ3v) is 2.75. The molecule has 4 nitrogen and oxygen atoms in total. The second-order valence-electron chi connectivity index (χ2n) is 4.07. The second-order valence-corrected chi connectivity index (χ2v) is 4.07. The Hall–Kier alpha value is -1.94. The summed E-state index contributed by atoms with van der Waals surface area (Å²) in [5.41, 5.74) is 2.85. The Bertz CT molecular complexity index is 504. The van der Waals surface area contributed by atoms with E-state index in [0.29, 0.717) is 13.2 Å². The number of benzene rings is 1. The molecule has 0 radical (unpaired) electrons. The van der Waals surface area contributed by atoms with E-state index in [2.05, 4.69) is 0 Å². The van der Waals surface area contributed by atoms with Crippen molar-refractivity contribution in [1.29, 1.82) is 0 Å². The first kappa shape index (κ1) is 15.1. The Labute approximate surface area is 113 Å². The monoisotopic (exact) mass is 261 g/mol. The lowest BCUT2D eigenvalue weighted by Gasteiger charge is -2.06. The Morgan fingerprint density at radius 3 is 2.47 bits per heavy atom. The minimum Gasteiger partial charge on any atom is -0.378 e. The first-order chi connectivity index (χ1) is 9.10. The van der Waals surface area contributed by atoms with Crippen LogP contribution in [-0.4, -0.2) is 18.1 Å². The van der Waals surface area contributed by atoms with E-state index in [1.165, 1.54) is 0 Å². The molecule has 4 heteroatoms. The molecule has 0 aliphatic heterocycles. The van der Waals surface area contributed by atoms with Gasteiger partial charge in [0.15, 0.2) is 0 Å². The number of hydrogen-bond donors (Lipinski definition) is 0. The highest BCUT2D eigenvalue weighted by atomic mass is 16.6. The number of nitrogens with zero attached hydrogens (tertiary/aromatic N) is 1. The highest BCUT2D eigenvalue weighted by Gasteiger charge is 2.10. The molecule has 1 aromatic rings. The molecule has 0 fully saturated rings. The maximum atomic E-state index is 10.9. The summed E-state index contributed by atoms with van der Waals surface area (Å²) in [6, 6.07) is 3.18. The fraction of sp³-hybridized carbons (Fsp3) is 0.333. The fourth-order valence-corrected chi connectivity index (χ4v) is 1.74. The van der Waals surface area contributed by atoms with E-state index in [0.717, 1.165) is 16.7 Å². The molecule has 0 aliphatic carbocycles. The van der Waals surface area contributed by atoms with Crippen LogP contribution in [0.25, 0.3) is 12.2 Å². The van der Waals surface area contributed by atoms with Crippen molar-refractivity contribution in [2.75, 3.05) is 13.2 Å². The van der Waals surface area contributed by atoms with Crippen molar-refractivity contribution in [2.24, 2.45) is 0 Å². The van der Waals surface area contributed by atoms with Gasteiger partial charge in [-0.15, -0.1) is 0 Å². The molecule has 0 unspecified atom stereocenters. The molecule has 0 amide bonds. The van der Waals surface area contributed by atoms with Crippen molar-refractivity contribution >= 4 is 17.8 Å². The molecule has 0 saturated carbocycles. The lowest BCUT2D eigenvalue weighted by atomic mass is 10.0. The molecule has 0 N–H and O–H groups in total. The first-order valence-corrected chi connectivity index (χ1v) is 6.26. The topological polar surface area (TPSA) is 52.4 Å². The summed E-state index contributed by atoms with van der Waals surface area (Å²) in [5.74, 6) is 0. The standard InChI is InChI=1S/C15H19NO3/c1-4-7-13-10-15(16(17)18)11-14(12(13)3)8-6-9-19-5-2/h4,6-8,10-11H,5,9H2,1-3H3/b7-4-,8-6+. The van der Waals surface area contributed by atoms with Crippen molar-refractivity contribution < 1.29 is 9.66 Å². The van der Waals surface area contributed by atoms with Gasteiger partial charge < -0.3 is 4.74 Å². The first-order valence-electron chi connectivity index (χ1n) is 6.26. The zero-order valence-electron chi connectivity index (χ0n) is 11.6. The van der Waals surface area contributed by atoms with E-state index in [9.17, 15) is 10.1 Å². The number of ether oxygens (including phenoxy) is 1. The number of allylic oxidation sites excluding steroid dienone is 1. The molecule has 0 spiro atoms. The van der Waals surface area contributed by atoms with Gasteiger partial charge in [0, 0.05) is 18.7 Å². The average molecular weight is 261 g/mol. The summed E-state index contributed by atoms with van der Waals surface area (Å²) in [6.45, 7) is 6.94. The van der Waals surface area contributed by atoms with Gasteiger partial charge in [-0.05, 0) is 37.5 Å². The molecule has 1 aromatic carbocycles. The van der Waals surface area contributed by atoms with Gasteiger partial charge >= 0.3 is 0 Å². The normalized spacial score (nSPS) is 11.5. The van der Waals surface area contributed by atoms with Gasteiger partial charge in [0.25, 0.3) is 5.69 Å². The van der Waals surface area contributed by atoms with E-state index in [4.69, 9.17) is 4.74 Å². The summed E-state index contributed by atoms with van der Waals surface area (Å²) in [5, 5.41) is 10.9. The molecular weight excluding hydrogens is 242 g/mol. The van der Waals surface area contributed by atoms with Crippen molar-refractivity contribution in [3.8, 4) is 0 Å². The summed E-state index contributed by atoms with van der Waals surface area (Å²) < 4.78 is 5.22. The SMILES string of the molecule is C/C=C\c1cc([N+](=O)[O-])cc(/C=C/COCC)c1C. The number of hydrogen-bond acceptors (Lipinski definition) is 3. The second kappa shape index (κ2) is 7.48. The maximum Gasteiger partial charge on any atom is 0.270 e. The van der Waals surface area contributed by atoms with E-state index in [1.807, 2.05) is 45.1 Å². The van der Waals surface area contributed by atoms with Gasteiger partial charge in [0.1, 0.15) is 0 Å². The lowest BCUT2D eigenvalue weighted by Crippen LogP contribution is -1.94. The van der Waals surface area contributed by atoms with Crippen LogP contribution in [0.4, 0.5) is 5.69 Å². The summed E-state index contributed by atoms with van der Waals surface area (Å²) >= 11 is 0. The quantitative estimate of drug-likeness (QED) is 0.442. The zero-order chi connectivity index (χ0) is 14.3. The summed E-state index contributed by atoms with van der Waals surface area (Å²) in [6.07, 6.45) is 7.49. The highest BCUT2D eigenvalue weighted by molar-refractivity contribution is 5.67. The molecule has 1 rings (SSSR count). The smallest absolute Gasteiger partial charge is 0.270 e. The summed E-state index contributed by atoms with van der Waals surface area (Å²) in [4.78, 5) is 10.6. The molecule has 102 valence electrons. The molecule has 0 atom stereocenters. The van der Waals surface area contributed by atoms with Crippen LogP contribution < -0.4 is 0 Å². The fourth-order valence-electron chi connectivity index (χ4n) is 1.74. The molecule has 0 bridgehead atoms. The van der Waals surface area contributed by atoms with Gasteiger partial charge in [-0.3, -0.25) is 10.1 Å². The number of non-ortho nitro benzene ring substituents is 1. The van der Waals surface area contributed by atoms with Crippen LogP contribution in [0.5, 0.6) is 0 Å². The van der Waals surface area contributed by atoms with Crippen LogP contribution in [0.1, 0.15) is 30.5 Å². The van der Waals surface area contributed by atoms with Crippen molar-refractivity contribution in [2.45, 2.75) is 20.8 Å². The van der Waals surface area contributed by atoms with Crippen LogP contribution in [0.3, 0.4) is 0 Å². The van der Waals surface area contributed by atoms with E-state index in [-0.39, 0.29) is 10.6 Å². The van der Waals surface area contributed by atoms with Crippen LogP contribution >= 0.6 is 0 Å². The van der Waals surface area contributed by atoms with Crippen LogP contribution in [0, 0.1) is 17.0 Å². The Morgan fingerprint density at radius 1 is 1.32 bits per heavy atom. The third kappa shape index (κ3) is 4.34. The minimum absolute atomic E-state index is 0.106. The van der Waals surface area contributed by atoms with E-state index in [1.54, 1.807) is 12.1 Å². The zero-order valence-corrected chi connectivity index (χ0v) is 11.6. The average Bonchev–Trinajstić information content (AvgIpc) is 2.38. The Kier molecular flexibility index (Phi) is 5.96. The predicted octanol–water partition coefficient (Wildman–Crippen LogP) is 3.99. The van der Waals surface area contributed by atoms with Crippen LogP contribution in [-0.2, 0) is 4.74 Å². The van der Waals surface area contributed by atoms with Crippen molar-refractivity contribution in [1.82, 2.24) is 0 Å². The van der Waals surface area contributed by atoms with Crippen LogP contribution in [0.15, 0.2) is 24.3 Å². The molecule has 19 heavy (non-hydrogen) atoms. The number of nitro benzene ring substituents is 1.